The van der Waals surface area contributed by atoms with E-state index in [2.05, 4.69) is 18.7 Å². The van der Waals surface area contributed by atoms with Crippen molar-refractivity contribution in [1.29, 1.82) is 0 Å². The number of rotatable bonds is 3. The Balaban J connectivity index is 2.11. The van der Waals surface area contributed by atoms with Gasteiger partial charge in [0, 0.05) is 25.8 Å². The van der Waals surface area contributed by atoms with Gasteiger partial charge in [-0.1, -0.05) is 13.8 Å². The Labute approximate surface area is 116 Å². The molecule has 106 valence electrons. The normalized spacial score (nSPS) is 27.1. The van der Waals surface area contributed by atoms with Gasteiger partial charge in [0.2, 0.25) is 0 Å². The van der Waals surface area contributed by atoms with Gasteiger partial charge in [0.1, 0.15) is 5.75 Å². The molecule has 1 aliphatic carbocycles. The van der Waals surface area contributed by atoms with Gasteiger partial charge >= 0.3 is 0 Å². The van der Waals surface area contributed by atoms with Crippen LogP contribution in [0, 0.1) is 11.8 Å². The lowest BCUT2D eigenvalue weighted by molar-refractivity contribution is 0.102. The van der Waals surface area contributed by atoms with Crippen molar-refractivity contribution in [3.05, 3.63) is 18.2 Å². The quantitative estimate of drug-likeness (QED) is 0.847. The van der Waals surface area contributed by atoms with Crippen LogP contribution in [0.2, 0.25) is 0 Å². The summed E-state index contributed by atoms with van der Waals surface area (Å²) in [5.41, 5.74) is 7.89. The Bertz CT molecular complexity index is 421. The summed E-state index contributed by atoms with van der Waals surface area (Å²) < 4.78 is 6.17. The third-order valence-corrected chi connectivity index (χ3v) is 3.94. The molecule has 3 nitrogen and oxygen atoms in total. The average Bonchev–Trinajstić information content (AvgIpc) is 2.30. The highest BCUT2D eigenvalue weighted by Gasteiger charge is 2.25. The molecular formula is C16H26N2O. The summed E-state index contributed by atoms with van der Waals surface area (Å²) in [6.45, 7) is 4.62. The van der Waals surface area contributed by atoms with Crippen molar-refractivity contribution >= 4 is 11.4 Å². The van der Waals surface area contributed by atoms with Crippen LogP contribution < -0.4 is 15.4 Å². The largest absolute Gasteiger partial charge is 0.488 e. The lowest BCUT2D eigenvalue weighted by Crippen LogP contribution is -2.28. The maximum absolute atomic E-state index is 6.17. The monoisotopic (exact) mass is 262 g/mol. The van der Waals surface area contributed by atoms with E-state index in [1.54, 1.807) is 0 Å². The molecule has 1 aliphatic rings. The van der Waals surface area contributed by atoms with Gasteiger partial charge in [-0.15, -0.1) is 0 Å². The van der Waals surface area contributed by atoms with Crippen LogP contribution in [0.1, 0.15) is 33.1 Å². The van der Waals surface area contributed by atoms with E-state index in [9.17, 15) is 0 Å². The lowest BCUT2D eigenvalue weighted by Gasteiger charge is -2.32. The standard InChI is InChI=1S/C16H26N2O/c1-11-7-12(2)9-14(8-11)19-16-10-13(18(3)4)5-6-15(16)17/h5-6,10-12,14H,7-9,17H2,1-4H3. The second-order valence-corrected chi connectivity index (χ2v) is 6.27. The SMILES string of the molecule is CC1CC(C)CC(Oc2cc(N(C)C)ccc2N)C1. The molecule has 0 spiro atoms. The summed E-state index contributed by atoms with van der Waals surface area (Å²) in [6.07, 6.45) is 3.89. The summed E-state index contributed by atoms with van der Waals surface area (Å²) in [6, 6.07) is 5.99. The first-order valence-corrected chi connectivity index (χ1v) is 7.19. The number of hydrogen-bond donors (Lipinski definition) is 1. The van der Waals surface area contributed by atoms with Crippen molar-refractivity contribution in [3.63, 3.8) is 0 Å². The summed E-state index contributed by atoms with van der Waals surface area (Å²) in [4.78, 5) is 2.07. The molecule has 0 bridgehead atoms. The highest BCUT2D eigenvalue weighted by molar-refractivity contribution is 5.61. The molecule has 1 aromatic carbocycles. The van der Waals surface area contributed by atoms with Gasteiger partial charge in [0.05, 0.1) is 11.8 Å². The van der Waals surface area contributed by atoms with Crippen molar-refractivity contribution in [3.8, 4) is 5.75 Å². The van der Waals surface area contributed by atoms with Gasteiger partial charge in [-0.3, -0.25) is 0 Å². The molecule has 2 rings (SSSR count). The van der Waals surface area contributed by atoms with E-state index in [-0.39, 0.29) is 0 Å². The minimum atomic E-state index is 0.304. The zero-order valence-corrected chi connectivity index (χ0v) is 12.5. The van der Waals surface area contributed by atoms with E-state index in [0.29, 0.717) is 6.10 Å². The first-order valence-electron chi connectivity index (χ1n) is 7.19. The van der Waals surface area contributed by atoms with E-state index < -0.39 is 0 Å². The van der Waals surface area contributed by atoms with Gasteiger partial charge < -0.3 is 15.4 Å². The van der Waals surface area contributed by atoms with Crippen LogP contribution in [0.4, 0.5) is 11.4 Å². The predicted molar refractivity (Wildman–Crippen MR) is 81.8 cm³/mol. The summed E-state index contributed by atoms with van der Waals surface area (Å²) in [5.74, 6) is 2.32. The van der Waals surface area contributed by atoms with Gasteiger partial charge in [-0.2, -0.15) is 0 Å². The molecule has 0 aliphatic heterocycles. The van der Waals surface area contributed by atoms with Crippen molar-refractivity contribution < 1.29 is 4.74 Å². The highest BCUT2D eigenvalue weighted by Crippen LogP contribution is 2.34. The van der Waals surface area contributed by atoms with E-state index >= 15 is 0 Å². The maximum atomic E-state index is 6.17. The maximum Gasteiger partial charge on any atom is 0.144 e. The zero-order valence-electron chi connectivity index (χ0n) is 12.5. The van der Waals surface area contributed by atoms with Crippen molar-refractivity contribution in [2.24, 2.45) is 11.8 Å². The van der Waals surface area contributed by atoms with Crippen LogP contribution in [-0.4, -0.2) is 20.2 Å². The number of nitrogens with zero attached hydrogens (tertiary/aromatic N) is 1. The topological polar surface area (TPSA) is 38.5 Å². The third-order valence-electron chi connectivity index (χ3n) is 3.94. The number of benzene rings is 1. The number of nitrogen functional groups attached to an aromatic ring is 1. The molecule has 1 fully saturated rings. The van der Waals surface area contributed by atoms with Gasteiger partial charge in [-0.05, 0) is 43.2 Å². The molecule has 2 N–H and O–H groups in total. The fourth-order valence-electron chi connectivity index (χ4n) is 3.05. The Morgan fingerprint density at radius 1 is 1.11 bits per heavy atom. The molecule has 0 radical (unpaired) electrons. The second-order valence-electron chi connectivity index (χ2n) is 6.27. The fraction of sp³-hybridized carbons (Fsp3) is 0.625. The predicted octanol–water partition coefficient (Wildman–Crippen LogP) is 3.54. The van der Waals surface area contributed by atoms with Crippen LogP contribution in [0.3, 0.4) is 0 Å². The summed E-state index contributed by atoms with van der Waals surface area (Å²) >= 11 is 0. The van der Waals surface area contributed by atoms with Crippen molar-refractivity contribution in [2.45, 2.75) is 39.2 Å². The molecule has 19 heavy (non-hydrogen) atoms. The van der Waals surface area contributed by atoms with Crippen LogP contribution >= 0.6 is 0 Å². The van der Waals surface area contributed by atoms with Crippen LogP contribution in [-0.2, 0) is 0 Å². The van der Waals surface area contributed by atoms with E-state index in [1.165, 1.54) is 6.42 Å². The molecule has 1 aromatic rings. The van der Waals surface area contributed by atoms with Gasteiger partial charge in [-0.25, -0.2) is 0 Å². The van der Waals surface area contributed by atoms with Crippen molar-refractivity contribution in [1.82, 2.24) is 0 Å². The Morgan fingerprint density at radius 3 is 2.32 bits per heavy atom. The molecule has 0 amide bonds. The Kier molecular flexibility index (Phi) is 4.23. The van der Waals surface area contributed by atoms with E-state index in [0.717, 1.165) is 41.8 Å². The summed E-state index contributed by atoms with van der Waals surface area (Å²) in [5, 5.41) is 0. The lowest BCUT2D eigenvalue weighted by atomic mass is 9.82. The van der Waals surface area contributed by atoms with Crippen LogP contribution in [0.5, 0.6) is 5.75 Å². The van der Waals surface area contributed by atoms with Crippen LogP contribution in [0.15, 0.2) is 18.2 Å². The van der Waals surface area contributed by atoms with E-state index in [1.807, 2.05) is 32.3 Å². The van der Waals surface area contributed by atoms with Gasteiger partial charge in [0.25, 0.3) is 0 Å². The molecule has 0 heterocycles. The van der Waals surface area contributed by atoms with Crippen LogP contribution in [0.25, 0.3) is 0 Å². The first-order chi connectivity index (χ1) is 8.95. The fourth-order valence-corrected chi connectivity index (χ4v) is 3.05. The van der Waals surface area contributed by atoms with Crippen molar-refractivity contribution in [2.75, 3.05) is 24.7 Å². The number of ether oxygens (including phenoxy) is 1. The molecule has 2 atom stereocenters. The Morgan fingerprint density at radius 2 is 1.74 bits per heavy atom. The Hall–Kier alpha value is -1.38. The number of hydrogen-bond acceptors (Lipinski definition) is 3. The molecule has 0 aromatic heterocycles. The number of nitrogens with two attached hydrogens (primary N) is 1. The molecule has 2 unspecified atom stereocenters. The minimum Gasteiger partial charge on any atom is -0.488 e. The molecular weight excluding hydrogens is 236 g/mol. The second kappa shape index (κ2) is 5.72. The highest BCUT2D eigenvalue weighted by atomic mass is 16.5. The molecule has 3 heteroatoms. The number of anilines is 2. The molecule has 0 saturated heterocycles. The zero-order chi connectivity index (χ0) is 14.0. The minimum absolute atomic E-state index is 0.304. The molecule has 1 saturated carbocycles. The van der Waals surface area contributed by atoms with E-state index in [4.69, 9.17) is 10.5 Å². The average molecular weight is 262 g/mol. The smallest absolute Gasteiger partial charge is 0.144 e. The first kappa shape index (κ1) is 14.0. The summed E-state index contributed by atoms with van der Waals surface area (Å²) in [7, 11) is 4.06. The third kappa shape index (κ3) is 3.55. The van der Waals surface area contributed by atoms with Gasteiger partial charge in [0.15, 0.2) is 0 Å².